The van der Waals surface area contributed by atoms with Gasteiger partial charge in [0.15, 0.2) is 0 Å². The number of hydrogen-bond donors (Lipinski definition) is 0. The molecule has 0 aromatic carbocycles. The summed E-state index contributed by atoms with van der Waals surface area (Å²) in [7, 11) is -0.359. The Labute approximate surface area is 137 Å². The van der Waals surface area contributed by atoms with E-state index in [1.54, 1.807) is 37.2 Å². The van der Waals surface area contributed by atoms with E-state index in [4.69, 9.17) is 0 Å². The average Bonchev–Trinajstić information content (AvgIpc) is 3.16. The van der Waals surface area contributed by atoms with E-state index in [0.29, 0.717) is 16.4 Å². The Kier molecular flexibility index (Phi) is 4.14. The highest BCUT2D eigenvalue weighted by Gasteiger charge is 2.32. The molecule has 1 aliphatic rings. The molecular weight excluding hydrogens is 312 g/mol. The summed E-state index contributed by atoms with van der Waals surface area (Å²) in [5.41, 5.74) is 1.69. The first-order valence-corrected chi connectivity index (χ1v) is 9.28. The van der Waals surface area contributed by atoms with Gasteiger partial charge in [0.05, 0.1) is 5.69 Å². The third-order valence-electron chi connectivity index (χ3n) is 4.42. The maximum absolute atomic E-state index is 13.0. The molecule has 0 bridgehead atoms. The van der Waals surface area contributed by atoms with Crippen molar-refractivity contribution in [2.75, 3.05) is 11.4 Å². The Morgan fingerprint density at radius 2 is 1.96 bits per heavy atom. The summed E-state index contributed by atoms with van der Waals surface area (Å²) in [6.07, 6.45) is 7.56. The second kappa shape index (κ2) is 5.96. The molecule has 0 saturated heterocycles. The van der Waals surface area contributed by atoms with E-state index < -0.39 is 10.0 Å². The highest BCUT2D eigenvalue weighted by Crippen LogP contribution is 2.37. The van der Waals surface area contributed by atoms with Gasteiger partial charge in [0.1, 0.15) is 10.7 Å². The molecule has 23 heavy (non-hydrogen) atoms. The van der Waals surface area contributed by atoms with Crippen LogP contribution in [0, 0.1) is 6.92 Å². The van der Waals surface area contributed by atoms with Crippen LogP contribution in [0.3, 0.4) is 0 Å². The Morgan fingerprint density at radius 1 is 1.26 bits per heavy atom. The van der Waals surface area contributed by atoms with Gasteiger partial charge in [-0.3, -0.25) is 8.99 Å². The van der Waals surface area contributed by atoms with Gasteiger partial charge in [-0.05, 0) is 31.4 Å². The number of aromatic nitrogens is 3. The first-order chi connectivity index (χ1) is 10.9. The van der Waals surface area contributed by atoms with Crippen LogP contribution in [0.15, 0.2) is 29.4 Å². The van der Waals surface area contributed by atoms with Gasteiger partial charge < -0.3 is 0 Å². The topological polar surface area (TPSA) is 68.1 Å². The highest BCUT2D eigenvalue weighted by molar-refractivity contribution is 7.92. The zero-order chi connectivity index (χ0) is 16.6. The van der Waals surface area contributed by atoms with Gasteiger partial charge >= 0.3 is 0 Å². The lowest BCUT2D eigenvalue weighted by Gasteiger charge is -2.19. The van der Waals surface area contributed by atoms with Crippen LogP contribution in [0.4, 0.5) is 5.82 Å². The van der Waals surface area contributed by atoms with Crippen LogP contribution < -0.4 is 4.31 Å². The largest absolute Gasteiger partial charge is 0.274 e. The van der Waals surface area contributed by atoms with E-state index in [9.17, 15) is 8.42 Å². The summed E-state index contributed by atoms with van der Waals surface area (Å²) in [5.74, 6) is 0.650. The highest BCUT2D eigenvalue weighted by atomic mass is 32.2. The number of nitrogens with zero attached hydrogens (tertiary/aromatic N) is 4. The lowest BCUT2D eigenvalue weighted by molar-refractivity contribution is 0.589. The minimum atomic E-state index is -3.66. The first-order valence-electron chi connectivity index (χ1n) is 7.84. The van der Waals surface area contributed by atoms with Gasteiger partial charge in [-0.15, -0.1) is 0 Å². The minimum absolute atomic E-state index is 0.236. The van der Waals surface area contributed by atoms with E-state index in [2.05, 4.69) is 10.1 Å². The van der Waals surface area contributed by atoms with Crippen molar-refractivity contribution in [3.05, 3.63) is 35.8 Å². The Morgan fingerprint density at radius 3 is 2.57 bits per heavy atom. The van der Waals surface area contributed by atoms with Crippen molar-refractivity contribution < 1.29 is 8.42 Å². The summed E-state index contributed by atoms with van der Waals surface area (Å²) in [6, 6.07) is 3.58. The van der Waals surface area contributed by atoms with Crippen LogP contribution in [-0.2, 0) is 17.1 Å². The van der Waals surface area contributed by atoms with E-state index in [0.717, 1.165) is 31.2 Å². The number of hydrogen-bond acceptors (Lipinski definition) is 4. The fraction of sp³-hybridized carbons (Fsp3) is 0.500. The number of rotatable bonds is 4. The zero-order valence-corrected chi connectivity index (χ0v) is 14.5. The summed E-state index contributed by atoms with van der Waals surface area (Å²) in [6.45, 7) is 1.92. The van der Waals surface area contributed by atoms with Crippen molar-refractivity contribution in [1.29, 1.82) is 0 Å². The lowest BCUT2D eigenvalue weighted by atomic mass is 10.1. The van der Waals surface area contributed by atoms with Crippen molar-refractivity contribution in [2.45, 2.75) is 43.4 Å². The predicted molar refractivity (Wildman–Crippen MR) is 89.0 cm³/mol. The van der Waals surface area contributed by atoms with Gasteiger partial charge in [0.25, 0.3) is 10.0 Å². The van der Waals surface area contributed by atoms with Gasteiger partial charge in [0.2, 0.25) is 0 Å². The SMILES string of the molecule is Cc1ccc(N(C)S(=O)(=O)c2cn(C)nc2C2CCCC2)nc1. The van der Waals surface area contributed by atoms with E-state index in [-0.39, 0.29) is 5.92 Å². The third-order valence-corrected chi connectivity index (χ3v) is 6.20. The molecule has 1 fully saturated rings. The van der Waals surface area contributed by atoms with E-state index in [1.807, 2.05) is 13.0 Å². The van der Waals surface area contributed by atoms with Crippen LogP contribution in [0.5, 0.6) is 0 Å². The fourth-order valence-electron chi connectivity index (χ4n) is 3.08. The molecule has 0 radical (unpaired) electrons. The fourth-order valence-corrected chi connectivity index (χ4v) is 4.49. The molecule has 2 heterocycles. The van der Waals surface area contributed by atoms with Crippen molar-refractivity contribution in [2.24, 2.45) is 7.05 Å². The molecule has 6 nitrogen and oxygen atoms in total. The second-order valence-corrected chi connectivity index (χ2v) is 8.14. The van der Waals surface area contributed by atoms with Crippen molar-refractivity contribution in [3.8, 4) is 0 Å². The molecule has 2 aromatic rings. The number of sulfonamides is 1. The molecular formula is C16H22N4O2S. The zero-order valence-electron chi connectivity index (χ0n) is 13.7. The lowest BCUT2D eigenvalue weighted by Crippen LogP contribution is -2.28. The predicted octanol–water partition coefficient (Wildman–Crippen LogP) is 2.61. The summed E-state index contributed by atoms with van der Waals surface area (Å²) >= 11 is 0. The number of anilines is 1. The second-order valence-electron chi connectivity index (χ2n) is 6.20. The van der Waals surface area contributed by atoms with Gasteiger partial charge in [0, 0.05) is 32.4 Å². The molecule has 0 spiro atoms. The van der Waals surface area contributed by atoms with E-state index >= 15 is 0 Å². The quantitative estimate of drug-likeness (QED) is 0.862. The van der Waals surface area contributed by atoms with Crippen molar-refractivity contribution >= 4 is 15.8 Å². The first kappa shape index (κ1) is 16.0. The van der Waals surface area contributed by atoms with Crippen LogP contribution >= 0.6 is 0 Å². The van der Waals surface area contributed by atoms with Crippen LogP contribution in [0.2, 0.25) is 0 Å². The Hall–Kier alpha value is -1.89. The molecule has 124 valence electrons. The molecule has 3 rings (SSSR count). The standard InChI is InChI=1S/C16H22N4O2S/c1-12-8-9-15(17-10-12)20(3)23(21,22)14-11-19(2)18-16(14)13-6-4-5-7-13/h8-11,13H,4-7H2,1-3H3. The Balaban J connectivity index is 2.00. The summed E-state index contributed by atoms with van der Waals surface area (Å²) < 4.78 is 28.9. The van der Waals surface area contributed by atoms with Gasteiger partial charge in [-0.2, -0.15) is 5.10 Å². The van der Waals surface area contributed by atoms with Gasteiger partial charge in [-0.25, -0.2) is 13.4 Å². The minimum Gasteiger partial charge on any atom is -0.274 e. The van der Waals surface area contributed by atoms with Crippen LogP contribution in [0.25, 0.3) is 0 Å². The molecule has 0 amide bonds. The molecule has 0 N–H and O–H groups in total. The van der Waals surface area contributed by atoms with Crippen LogP contribution in [-0.4, -0.2) is 30.2 Å². The molecule has 1 aliphatic carbocycles. The van der Waals surface area contributed by atoms with Crippen molar-refractivity contribution in [1.82, 2.24) is 14.8 Å². The maximum Gasteiger partial charge on any atom is 0.268 e. The van der Waals surface area contributed by atoms with E-state index in [1.165, 1.54) is 4.31 Å². The monoisotopic (exact) mass is 334 g/mol. The van der Waals surface area contributed by atoms with Crippen molar-refractivity contribution in [3.63, 3.8) is 0 Å². The molecule has 0 aliphatic heterocycles. The molecule has 0 atom stereocenters. The number of pyridine rings is 1. The molecule has 0 unspecified atom stereocenters. The summed E-state index contributed by atoms with van der Waals surface area (Å²) in [4.78, 5) is 4.53. The summed E-state index contributed by atoms with van der Waals surface area (Å²) in [5, 5.41) is 4.44. The average molecular weight is 334 g/mol. The molecule has 2 aromatic heterocycles. The molecule has 7 heteroatoms. The molecule has 1 saturated carbocycles. The number of aryl methyl sites for hydroxylation is 2. The smallest absolute Gasteiger partial charge is 0.268 e. The van der Waals surface area contributed by atoms with Gasteiger partial charge in [-0.1, -0.05) is 18.9 Å². The maximum atomic E-state index is 13.0. The van der Waals surface area contributed by atoms with Crippen LogP contribution in [0.1, 0.15) is 42.9 Å². The Bertz CT molecular complexity index is 790. The third kappa shape index (κ3) is 2.97. The normalized spacial score (nSPS) is 16.0.